The molecule has 2 nitrogen and oxygen atoms in total. The predicted octanol–water partition coefficient (Wildman–Crippen LogP) is 4.12. The van der Waals surface area contributed by atoms with E-state index < -0.39 is 28.9 Å². The summed E-state index contributed by atoms with van der Waals surface area (Å²) in [6.45, 7) is 0. The van der Waals surface area contributed by atoms with Gasteiger partial charge in [0, 0.05) is 5.69 Å². The minimum Gasteiger partial charge on any atom is -0.322 e. The number of anilines is 1. The zero-order valence-corrected chi connectivity index (χ0v) is 11.0. The third-order valence-electron chi connectivity index (χ3n) is 2.35. The zero-order chi connectivity index (χ0) is 14.0. The zero-order valence-electron chi connectivity index (χ0n) is 9.38. The summed E-state index contributed by atoms with van der Waals surface area (Å²) in [5.41, 5.74) is -0.294. The summed E-state index contributed by atoms with van der Waals surface area (Å²) in [5, 5.41) is 2.29. The van der Waals surface area contributed by atoms with Crippen LogP contribution >= 0.6 is 15.9 Å². The van der Waals surface area contributed by atoms with Crippen LogP contribution in [0.1, 0.15) is 10.4 Å². The maximum absolute atomic E-state index is 13.4. The first kappa shape index (κ1) is 13.6. The Labute approximate surface area is 115 Å². The molecule has 0 radical (unpaired) electrons. The van der Waals surface area contributed by atoms with E-state index in [1.54, 1.807) is 0 Å². The molecule has 0 aliphatic rings. The first-order valence-electron chi connectivity index (χ1n) is 5.19. The molecule has 6 heteroatoms. The van der Waals surface area contributed by atoms with Crippen LogP contribution in [0.5, 0.6) is 0 Å². The number of nitrogens with one attached hydrogen (secondary N) is 1. The van der Waals surface area contributed by atoms with Gasteiger partial charge >= 0.3 is 0 Å². The highest BCUT2D eigenvalue weighted by atomic mass is 79.9. The van der Waals surface area contributed by atoms with Crippen molar-refractivity contribution in [3.8, 4) is 0 Å². The van der Waals surface area contributed by atoms with Gasteiger partial charge in [0.2, 0.25) is 0 Å². The fourth-order valence-corrected chi connectivity index (χ4v) is 1.69. The van der Waals surface area contributed by atoms with Crippen molar-refractivity contribution in [1.29, 1.82) is 0 Å². The number of halogens is 4. The largest absolute Gasteiger partial charge is 0.322 e. The molecule has 0 atom stereocenters. The average molecular weight is 330 g/mol. The van der Waals surface area contributed by atoms with Gasteiger partial charge in [0.25, 0.3) is 5.91 Å². The maximum atomic E-state index is 13.4. The van der Waals surface area contributed by atoms with Gasteiger partial charge in [-0.25, -0.2) is 13.2 Å². The van der Waals surface area contributed by atoms with E-state index in [1.165, 1.54) is 12.1 Å². The molecule has 0 spiro atoms. The van der Waals surface area contributed by atoms with E-state index >= 15 is 0 Å². The fraction of sp³-hybridized carbons (Fsp3) is 0. The van der Waals surface area contributed by atoms with E-state index in [-0.39, 0.29) is 10.2 Å². The van der Waals surface area contributed by atoms with E-state index in [4.69, 9.17) is 0 Å². The Balaban J connectivity index is 2.25. The number of rotatable bonds is 2. The summed E-state index contributed by atoms with van der Waals surface area (Å²) >= 11 is 2.96. The lowest BCUT2D eigenvalue weighted by Crippen LogP contribution is -2.14. The SMILES string of the molecule is O=C(Nc1ccc(Br)c(F)c1)c1cc(F)ccc1F. The molecule has 0 fully saturated rings. The second-order valence-corrected chi connectivity index (χ2v) is 4.56. The average Bonchev–Trinajstić information content (AvgIpc) is 2.36. The van der Waals surface area contributed by atoms with Crippen LogP contribution in [0, 0.1) is 17.5 Å². The molecule has 98 valence electrons. The van der Waals surface area contributed by atoms with E-state index in [1.807, 2.05) is 0 Å². The molecule has 0 bridgehead atoms. The van der Waals surface area contributed by atoms with Gasteiger partial charge in [-0.2, -0.15) is 0 Å². The van der Waals surface area contributed by atoms with Crippen LogP contribution < -0.4 is 5.32 Å². The highest BCUT2D eigenvalue weighted by Gasteiger charge is 2.13. The highest BCUT2D eigenvalue weighted by molar-refractivity contribution is 9.10. The van der Waals surface area contributed by atoms with Crippen LogP contribution in [-0.4, -0.2) is 5.91 Å². The molecule has 2 aromatic carbocycles. The molecule has 0 aromatic heterocycles. The van der Waals surface area contributed by atoms with Crippen LogP contribution in [0.2, 0.25) is 0 Å². The standard InChI is InChI=1S/C13H7BrF3NO/c14-10-3-2-8(6-12(10)17)18-13(19)9-5-7(15)1-4-11(9)16/h1-6H,(H,18,19). The second-order valence-electron chi connectivity index (χ2n) is 3.71. The van der Waals surface area contributed by atoms with Crippen molar-refractivity contribution in [3.63, 3.8) is 0 Å². The van der Waals surface area contributed by atoms with Crippen LogP contribution in [0.4, 0.5) is 18.9 Å². The lowest BCUT2D eigenvalue weighted by atomic mass is 10.2. The molecule has 2 rings (SSSR count). The summed E-state index contributed by atoms with van der Waals surface area (Å²) in [6, 6.07) is 6.44. The van der Waals surface area contributed by atoms with E-state index in [0.717, 1.165) is 24.3 Å². The number of carbonyl (C=O) groups excluding carboxylic acids is 1. The fourth-order valence-electron chi connectivity index (χ4n) is 1.44. The predicted molar refractivity (Wildman–Crippen MR) is 68.4 cm³/mol. The van der Waals surface area contributed by atoms with E-state index in [9.17, 15) is 18.0 Å². The number of amides is 1. The molecular formula is C13H7BrF3NO. The van der Waals surface area contributed by atoms with E-state index in [0.29, 0.717) is 0 Å². The molecule has 0 aliphatic carbocycles. The van der Waals surface area contributed by atoms with Gasteiger partial charge in [0.1, 0.15) is 17.5 Å². The normalized spacial score (nSPS) is 10.3. The number of hydrogen-bond donors (Lipinski definition) is 1. The Morgan fingerprint density at radius 1 is 1.00 bits per heavy atom. The van der Waals surface area contributed by atoms with Crippen molar-refractivity contribution in [3.05, 3.63) is 63.9 Å². The molecule has 19 heavy (non-hydrogen) atoms. The van der Waals surface area contributed by atoms with Crippen molar-refractivity contribution >= 4 is 27.5 Å². The molecule has 0 saturated heterocycles. The molecular weight excluding hydrogens is 323 g/mol. The Kier molecular flexibility index (Phi) is 3.90. The van der Waals surface area contributed by atoms with Gasteiger partial charge < -0.3 is 5.32 Å². The third-order valence-corrected chi connectivity index (χ3v) is 2.99. The molecule has 1 N–H and O–H groups in total. The Bertz CT molecular complexity index is 646. The number of hydrogen-bond acceptors (Lipinski definition) is 1. The number of carbonyl (C=O) groups is 1. The van der Waals surface area contributed by atoms with Crippen molar-refractivity contribution in [1.82, 2.24) is 0 Å². The van der Waals surface area contributed by atoms with Gasteiger partial charge in [0.15, 0.2) is 0 Å². The molecule has 1 amide bonds. The quantitative estimate of drug-likeness (QED) is 0.882. The summed E-state index contributed by atoms with van der Waals surface area (Å²) in [6.07, 6.45) is 0. The molecule has 0 heterocycles. The smallest absolute Gasteiger partial charge is 0.258 e. The minimum atomic E-state index is -0.850. The number of benzene rings is 2. The first-order chi connectivity index (χ1) is 8.97. The van der Waals surface area contributed by atoms with Crippen molar-refractivity contribution in [2.45, 2.75) is 0 Å². The summed E-state index contributed by atoms with van der Waals surface area (Å²) in [4.78, 5) is 11.7. The highest BCUT2D eigenvalue weighted by Crippen LogP contribution is 2.20. The summed E-state index contributed by atoms with van der Waals surface area (Å²) < 4.78 is 39.8. The summed E-state index contributed by atoms with van der Waals surface area (Å²) in [7, 11) is 0. The van der Waals surface area contributed by atoms with Gasteiger partial charge in [-0.3, -0.25) is 4.79 Å². The third kappa shape index (κ3) is 3.14. The van der Waals surface area contributed by atoms with Crippen molar-refractivity contribution in [2.24, 2.45) is 0 Å². The van der Waals surface area contributed by atoms with Gasteiger partial charge in [0.05, 0.1) is 10.0 Å². The minimum absolute atomic E-state index is 0.148. The van der Waals surface area contributed by atoms with Crippen LogP contribution in [-0.2, 0) is 0 Å². The Morgan fingerprint density at radius 2 is 1.74 bits per heavy atom. The van der Waals surface area contributed by atoms with Gasteiger partial charge in [-0.15, -0.1) is 0 Å². The van der Waals surface area contributed by atoms with Crippen LogP contribution in [0.25, 0.3) is 0 Å². The molecule has 2 aromatic rings. The maximum Gasteiger partial charge on any atom is 0.258 e. The van der Waals surface area contributed by atoms with Gasteiger partial charge in [-0.1, -0.05) is 0 Å². The van der Waals surface area contributed by atoms with Crippen LogP contribution in [0.15, 0.2) is 40.9 Å². The van der Waals surface area contributed by atoms with Crippen molar-refractivity contribution < 1.29 is 18.0 Å². The topological polar surface area (TPSA) is 29.1 Å². The Hall–Kier alpha value is -1.82. The summed E-state index contributed by atoms with van der Waals surface area (Å²) in [5.74, 6) is -3.00. The monoisotopic (exact) mass is 329 g/mol. The molecule has 0 saturated carbocycles. The van der Waals surface area contributed by atoms with Gasteiger partial charge in [-0.05, 0) is 52.3 Å². The van der Waals surface area contributed by atoms with Crippen molar-refractivity contribution in [2.75, 3.05) is 5.32 Å². The molecule has 0 aliphatic heterocycles. The lowest BCUT2D eigenvalue weighted by Gasteiger charge is -2.07. The molecule has 0 unspecified atom stereocenters. The van der Waals surface area contributed by atoms with E-state index in [2.05, 4.69) is 21.2 Å². The Morgan fingerprint density at radius 3 is 2.42 bits per heavy atom. The van der Waals surface area contributed by atoms with Crippen LogP contribution in [0.3, 0.4) is 0 Å². The lowest BCUT2D eigenvalue weighted by molar-refractivity contribution is 0.102. The second kappa shape index (κ2) is 5.44. The first-order valence-corrected chi connectivity index (χ1v) is 5.98.